The number of anilines is 1. The zero-order valence-corrected chi connectivity index (χ0v) is 17.1. The van der Waals surface area contributed by atoms with Crippen molar-refractivity contribution in [2.24, 2.45) is 0 Å². The van der Waals surface area contributed by atoms with Gasteiger partial charge in [-0.2, -0.15) is 13.9 Å². The molecule has 1 aromatic carbocycles. The Morgan fingerprint density at radius 3 is 2.84 bits per heavy atom. The second kappa shape index (κ2) is 8.19. The Morgan fingerprint density at radius 1 is 1.23 bits per heavy atom. The number of alkyl halides is 2. The molecule has 0 radical (unpaired) electrons. The second-order valence-corrected chi connectivity index (χ2v) is 7.29. The number of aromatic nitrogens is 3. The maximum absolute atomic E-state index is 14.0. The summed E-state index contributed by atoms with van der Waals surface area (Å²) in [6, 6.07) is 8.11. The van der Waals surface area contributed by atoms with Crippen LogP contribution in [0.4, 0.5) is 14.6 Å². The molecule has 4 rings (SSSR count). The third-order valence-electron chi connectivity index (χ3n) is 5.05. The number of methoxy groups -OCH3 is 1. The topological polar surface area (TPSA) is 69.0 Å². The predicted molar refractivity (Wildman–Crippen MR) is 111 cm³/mol. The third-order valence-corrected chi connectivity index (χ3v) is 5.05. The Balaban J connectivity index is 1.55. The zero-order chi connectivity index (χ0) is 22.0. The molecule has 6 nitrogen and oxygen atoms in total. The first-order valence-corrected chi connectivity index (χ1v) is 9.75. The lowest BCUT2D eigenvalue weighted by Gasteiger charge is -2.22. The molecule has 0 spiro atoms. The number of hydrogen-bond donors (Lipinski definition) is 1. The molecule has 0 saturated heterocycles. The van der Waals surface area contributed by atoms with Gasteiger partial charge >= 0.3 is 0 Å². The molecular weight excluding hydrogens is 402 g/mol. The van der Waals surface area contributed by atoms with Crippen LogP contribution in [-0.4, -0.2) is 27.8 Å². The van der Waals surface area contributed by atoms with Crippen molar-refractivity contribution >= 4 is 11.7 Å². The van der Waals surface area contributed by atoms with Crippen molar-refractivity contribution in [3.05, 3.63) is 70.7 Å². The molecule has 1 amide bonds. The summed E-state index contributed by atoms with van der Waals surface area (Å²) in [6.45, 7) is 2.30. The predicted octanol–water partition coefficient (Wildman–Crippen LogP) is 4.13. The minimum Gasteiger partial charge on any atom is -0.495 e. The molecule has 0 bridgehead atoms. The molecule has 0 fully saturated rings. The van der Waals surface area contributed by atoms with Crippen molar-refractivity contribution in [2.45, 2.75) is 32.2 Å². The second-order valence-electron chi connectivity index (χ2n) is 7.29. The number of fused-ring (bicyclic) bond motifs is 1. The summed E-state index contributed by atoms with van der Waals surface area (Å²) in [6.07, 6.45) is 3.34. The Morgan fingerprint density at radius 2 is 2.06 bits per heavy atom. The van der Waals surface area contributed by atoms with E-state index in [-0.39, 0.29) is 17.9 Å². The fourth-order valence-electron chi connectivity index (χ4n) is 3.35. The summed E-state index contributed by atoms with van der Waals surface area (Å²) in [5.41, 5.74) is 2.44. The van der Waals surface area contributed by atoms with Crippen LogP contribution in [-0.2, 0) is 12.5 Å². The fourth-order valence-corrected chi connectivity index (χ4v) is 3.35. The first-order valence-electron chi connectivity index (χ1n) is 9.75. The van der Waals surface area contributed by atoms with E-state index in [0.29, 0.717) is 35.4 Å². The summed E-state index contributed by atoms with van der Waals surface area (Å²) in [5, 5.41) is 6.71. The van der Waals surface area contributed by atoms with Crippen molar-refractivity contribution in [3.8, 4) is 17.6 Å². The molecule has 0 atom stereocenters. The van der Waals surface area contributed by atoms with Crippen LogP contribution in [0.3, 0.4) is 0 Å². The van der Waals surface area contributed by atoms with Crippen molar-refractivity contribution in [3.63, 3.8) is 0 Å². The number of hydrogen-bond acceptors (Lipinski definition) is 4. The van der Waals surface area contributed by atoms with Gasteiger partial charge in [0.15, 0.2) is 5.82 Å². The summed E-state index contributed by atoms with van der Waals surface area (Å²) >= 11 is 0. The minimum absolute atomic E-state index is 0.109. The van der Waals surface area contributed by atoms with Gasteiger partial charge in [-0.25, -0.2) is 0 Å². The van der Waals surface area contributed by atoms with E-state index in [0.717, 1.165) is 5.56 Å². The average molecular weight is 422 g/mol. The van der Waals surface area contributed by atoms with Crippen molar-refractivity contribution in [1.29, 1.82) is 0 Å². The number of aryl methyl sites for hydroxylation is 2. The van der Waals surface area contributed by atoms with Crippen LogP contribution in [0.15, 0.2) is 42.7 Å². The van der Waals surface area contributed by atoms with E-state index < -0.39 is 11.8 Å². The first kappa shape index (κ1) is 20.5. The van der Waals surface area contributed by atoms with E-state index in [4.69, 9.17) is 4.74 Å². The van der Waals surface area contributed by atoms with E-state index in [9.17, 15) is 13.6 Å². The quantitative estimate of drug-likeness (QED) is 0.645. The number of halogens is 2. The SMILES string of the molecule is COc1cncc(C#Cc2cc(C(=O)Nc3cc4n(n3)CCCC4(F)F)ccc2C)c1. The van der Waals surface area contributed by atoms with E-state index in [2.05, 4.69) is 27.2 Å². The van der Waals surface area contributed by atoms with Gasteiger partial charge in [-0.15, -0.1) is 0 Å². The van der Waals surface area contributed by atoms with Crippen LogP contribution in [0.1, 0.15) is 45.6 Å². The number of nitrogens with one attached hydrogen (secondary N) is 1. The minimum atomic E-state index is -2.93. The number of nitrogens with zero attached hydrogens (tertiary/aromatic N) is 3. The van der Waals surface area contributed by atoms with Crippen molar-refractivity contribution in [2.75, 3.05) is 12.4 Å². The largest absolute Gasteiger partial charge is 0.495 e. The number of carbonyl (C=O) groups excluding carboxylic acids is 1. The lowest BCUT2D eigenvalue weighted by Crippen LogP contribution is -2.25. The Kier molecular flexibility index (Phi) is 5.42. The number of amides is 1. The fraction of sp³-hybridized carbons (Fsp3) is 0.261. The molecule has 2 aromatic heterocycles. The summed E-state index contributed by atoms with van der Waals surface area (Å²) in [7, 11) is 1.55. The van der Waals surface area contributed by atoms with E-state index >= 15 is 0 Å². The normalized spacial score (nSPS) is 14.2. The number of rotatable bonds is 3. The Hall–Kier alpha value is -3.73. The molecule has 31 heavy (non-hydrogen) atoms. The number of carbonyl (C=O) groups is 1. The molecule has 158 valence electrons. The lowest BCUT2D eigenvalue weighted by atomic mass is 10.0. The van der Waals surface area contributed by atoms with Gasteiger partial charge in [0.05, 0.1) is 13.3 Å². The van der Waals surface area contributed by atoms with Crippen LogP contribution in [0, 0.1) is 18.8 Å². The van der Waals surface area contributed by atoms with E-state index in [1.807, 2.05) is 6.92 Å². The molecular formula is C23H20F2N4O2. The highest BCUT2D eigenvalue weighted by Gasteiger charge is 2.38. The average Bonchev–Trinajstić information content (AvgIpc) is 3.17. The summed E-state index contributed by atoms with van der Waals surface area (Å²) in [5.74, 6) is 3.39. The molecule has 0 unspecified atom stereocenters. The van der Waals surface area contributed by atoms with Crippen molar-refractivity contribution < 1.29 is 18.3 Å². The Labute approximate surface area is 178 Å². The van der Waals surface area contributed by atoms with E-state index in [1.165, 1.54) is 10.7 Å². The maximum Gasteiger partial charge on any atom is 0.289 e. The number of benzene rings is 1. The van der Waals surface area contributed by atoms with Crippen LogP contribution < -0.4 is 10.1 Å². The van der Waals surface area contributed by atoms with Gasteiger partial charge in [0, 0.05) is 41.9 Å². The standard InChI is InChI=1S/C23H20F2N4O2/c1-15-4-6-18(11-17(15)7-5-16-10-19(31-2)14-26-13-16)22(30)27-21-12-20-23(24,25)8-3-9-29(20)28-21/h4,6,10-14H,3,8-9H2,1-2H3,(H,27,28,30). The molecule has 0 aliphatic carbocycles. The van der Waals surface area contributed by atoms with Crippen LogP contribution >= 0.6 is 0 Å². The Bertz CT molecular complexity index is 1210. The van der Waals surface area contributed by atoms with Gasteiger partial charge in [-0.3, -0.25) is 14.5 Å². The van der Waals surface area contributed by atoms with Crippen LogP contribution in [0.2, 0.25) is 0 Å². The maximum atomic E-state index is 14.0. The van der Waals surface area contributed by atoms with Crippen LogP contribution in [0.25, 0.3) is 0 Å². The monoisotopic (exact) mass is 422 g/mol. The molecule has 1 aliphatic rings. The molecule has 3 aromatic rings. The number of pyridine rings is 1. The highest BCUT2D eigenvalue weighted by Crippen LogP contribution is 2.37. The van der Waals surface area contributed by atoms with Gasteiger partial charge in [0.2, 0.25) is 0 Å². The van der Waals surface area contributed by atoms with Gasteiger partial charge in [0.1, 0.15) is 11.4 Å². The van der Waals surface area contributed by atoms with Crippen molar-refractivity contribution in [1.82, 2.24) is 14.8 Å². The van der Waals surface area contributed by atoms with Gasteiger partial charge in [0.25, 0.3) is 11.8 Å². The lowest BCUT2D eigenvalue weighted by molar-refractivity contribution is -0.0364. The summed E-state index contributed by atoms with van der Waals surface area (Å²) < 4.78 is 34.5. The van der Waals surface area contributed by atoms with Gasteiger partial charge in [-0.1, -0.05) is 17.9 Å². The van der Waals surface area contributed by atoms with Gasteiger partial charge < -0.3 is 10.1 Å². The van der Waals surface area contributed by atoms with Gasteiger partial charge in [-0.05, 0) is 37.1 Å². The molecule has 0 saturated carbocycles. The number of ether oxygens (including phenoxy) is 1. The zero-order valence-electron chi connectivity index (χ0n) is 17.1. The highest BCUT2D eigenvalue weighted by molar-refractivity contribution is 6.04. The van der Waals surface area contributed by atoms with Crippen LogP contribution in [0.5, 0.6) is 5.75 Å². The third kappa shape index (κ3) is 4.40. The molecule has 3 heterocycles. The summed E-state index contributed by atoms with van der Waals surface area (Å²) in [4.78, 5) is 16.8. The first-order chi connectivity index (χ1) is 14.9. The molecule has 1 aliphatic heterocycles. The molecule has 1 N–H and O–H groups in total. The highest BCUT2D eigenvalue weighted by atomic mass is 19.3. The molecule has 8 heteroatoms. The smallest absolute Gasteiger partial charge is 0.289 e. The van der Waals surface area contributed by atoms with E-state index in [1.54, 1.807) is 43.8 Å².